The Morgan fingerprint density at radius 3 is 2.82 bits per heavy atom. The van der Waals surface area contributed by atoms with Crippen LogP contribution in [0.15, 0.2) is 0 Å². The van der Waals surface area contributed by atoms with Gasteiger partial charge in [0.05, 0.1) is 5.60 Å². The highest BCUT2D eigenvalue weighted by Gasteiger charge is 2.34. The molecule has 0 radical (unpaired) electrons. The van der Waals surface area contributed by atoms with E-state index < -0.39 is 5.60 Å². The minimum Gasteiger partial charge on any atom is -0.389 e. The predicted molar refractivity (Wildman–Crippen MR) is 66.7 cm³/mol. The summed E-state index contributed by atoms with van der Waals surface area (Å²) in [6.07, 6.45) is 6.76. The van der Waals surface area contributed by atoms with Crippen LogP contribution in [-0.4, -0.2) is 47.7 Å². The van der Waals surface area contributed by atoms with Gasteiger partial charge in [0.15, 0.2) is 0 Å². The molecular formula is C13H24N2O2. The summed E-state index contributed by atoms with van der Waals surface area (Å²) in [4.78, 5) is 13.7. The molecular weight excluding hydrogens is 216 g/mol. The Bertz CT molecular complexity index is 275. The first kappa shape index (κ1) is 12.8. The molecule has 1 saturated heterocycles. The minimum atomic E-state index is -0.502. The van der Waals surface area contributed by atoms with E-state index >= 15 is 0 Å². The Morgan fingerprint density at radius 2 is 2.12 bits per heavy atom. The van der Waals surface area contributed by atoms with Gasteiger partial charge < -0.3 is 15.3 Å². The van der Waals surface area contributed by atoms with Crippen LogP contribution >= 0.6 is 0 Å². The van der Waals surface area contributed by atoms with E-state index in [9.17, 15) is 9.90 Å². The second kappa shape index (κ2) is 5.36. The molecule has 2 aliphatic rings. The van der Waals surface area contributed by atoms with E-state index in [2.05, 4.69) is 10.2 Å². The molecule has 0 aromatic heterocycles. The van der Waals surface area contributed by atoms with Crippen LogP contribution in [0.25, 0.3) is 0 Å². The third-order valence-corrected chi connectivity index (χ3v) is 4.16. The van der Waals surface area contributed by atoms with Crippen LogP contribution in [-0.2, 0) is 4.79 Å². The van der Waals surface area contributed by atoms with Crippen molar-refractivity contribution in [2.75, 3.05) is 20.1 Å². The molecule has 1 heterocycles. The molecule has 4 heteroatoms. The zero-order chi connectivity index (χ0) is 12.3. The molecule has 1 aliphatic heterocycles. The number of carbonyl (C=O) groups is 1. The van der Waals surface area contributed by atoms with Gasteiger partial charge in [0.1, 0.15) is 0 Å². The Labute approximate surface area is 103 Å². The van der Waals surface area contributed by atoms with E-state index in [1.807, 2.05) is 7.05 Å². The van der Waals surface area contributed by atoms with Crippen molar-refractivity contribution in [2.45, 2.75) is 56.6 Å². The van der Waals surface area contributed by atoms with Crippen molar-refractivity contribution >= 4 is 5.91 Å². The highest BCUT2D eigenvalue weighted by Crippen LogP contribution is 2.31. The Morgan fingerprint density at radius 1 is 1.41 bits per heavy atom. The molecule has 0 bridgehead atoms. The van der Waals surface area contributed by atoms with E-state index in [-0.39, 0.29) is 5.91 Å². The van der Waals surface area contributed by atoms with Crippen LogP contribution in [0.4, 0.5) is 0 Å². The van der Waals surface area contributed by atoms with Crippen molar-refractivity contribution in [1.29, 1.82) is 0 Å². The summed E-state index contributed by atoms with van der Waals surface area (Å²) in [5.41, 5.74) is -0.502. The fraction of sp³-hybridized carbons (Fsp3) is 0.923. The molecule has 1 atom stereocenters. The zero-order valence-electron chi connectivity index (χ0n) is 10.7. The number of carbonyl (C=O) groups excluding carboxylic acids is 1. The molecule has 0 aromatic rings. The number of amides is 1. The van der Waals surface area contributed by atoms with Gasteiger partial charge in [-0.15, -0.1) is 0 Å². The fourth-order valence-corrected chi connectivity index (χ4v) is 3.11. The van der Waals surface area contributed by atoms with Crippen LogP contribution in [0, 0.1) is 0 Å². The minimum absolute atomic E-state index is 0.151. The third-order valence-electron chi connectivity index (χ3n) is 4.16. The van der Waals surface area contributed by atoms with Crippen LogP contribution < -0.4 is 5.32 Å². The van der Waals surface area contributed by atoms with Crippen molar-refractivity contribution in [1.82, 2.24) is 10.2 Å². The summed E-state index contributed by atoms with van der Waals surface area (Å²) in [5.74, 6) is 0.151. The van der Waals surface area contributed by atoms with Gasteiger partial charge in [-0.2, -0.15) is 0 Å². The molecule has 1 amide bonds. The van der Waals surface area contributed by atoms with Crippen LogP contribution in [0.2, 0.25) is 0 Å². The average molecular weight is 240 g/mol. The molecule has 2 N–H and O–H groups in total. The lowest BCUT2D eigenvalue weighted by atomic mass is 9.99. The van der Waals surface area contributed by atoms with Crippen LogP contribution in [0.5, 0.6) is 0 Å². The number of nitrogens with one attached hydrogen (secondary N) is 1. The van der Waals surface area contributed by atoms with E-state index in [0.29, 0.717) is 19.0 Å². The van der Waals surface area contributed by atoms with E-state index in [1.165, 1.54) is 0 Å². The Hall–Kier alpha value is -0.610. The van der Waals surface area contributed by atoms with Crippen molar-refractivity contribution in [2.24, 2.45) is 0 Å². The molecule has 17 heavy (non-hydrogen) atoms. The maximum Gasteiger partial charge on any atom is 0.221 e. The van der Waals surface area contributed by atoms with Gasteiger partial charge in [0.25, 0.3) is 0 Å². The summed E-state index contributed by atoms with van der Waals surface area (Å²) < 4.78 is 0. The Kier molecular flexibility index (Phi) is 4.05. The number of hydrogen-bond acceptors (Lipinski definition) is 3. The van der Waals surface area contributed by atoms with E-state index in [0.717, 1.165) is 45.1 Å². The molecule has 1 aliphatic carbocycles. The zero-order valence-corrected chi connectivity index (χ0v) is 10.7. The summed E-state index contributed by atoms with van der Waals surface area (Å²) >= 11 is 0. The SMILES string of the molecule is CN(CC1(O)CCCC1)C1CCCNC(=O)C1. The smallest absolute Gasteiger partial charge is 0.221 e. The third kappa shape index (κ3) is 3.42. The van der Waals surface area contributed by atoms with Crippen molar-refractivity contribution in [3.63, 3.8) is 0 Å². The molecule has 0 spiro atoms. The standard InChI is InChI=1S/C13H24N2O2/c1-15(10-13(17)6-2-3-7-13)11-5-4-8-14-12(16)9-11/h11,17H,2-10H2,1H3,(H,14,16). The summed E-state index contributed by atoms with van der Waals surface area (Å²) in [5, 5.41) is 13.3. The Balaban J connectivity index is 1.89. The number of hydrogen-bond donors (Lipinski definition) is 2. The van der Waals surface area contributed by atoms with Crippen molar-refractivity contribution in [3.8, 4) is 0 Å². The lowest BCUT2D eigenvalue weighted by molar-refractivity contribution is -0.122. The number of aliphatic hydroxyl groups is 1. The number of nitrogens with zero attached hydrogens (tertiary/aromatic N) is 1. The van der Waals surface area contributed by atoms with E-state index in [4.69, 9.17) is 0 Å². The predicted octanol–water partition coefficient (Wildman–Crippen LogP) is 0.892. The van der Waals surface area contributed by atoms with Crippen molar-refractivity contribution in [3.05, 3.63) is 0 Å². The van der Waals surface area contributed by atoms with E-state index in [1.54, 1.807) is 0 Å². The highest BCUT2D eigenvalue weighted by molar-refractivity contribution is 5.76. The first-order chi connectivity index (χ1) is 8.09. The molecule has 98 valence electrons. The second-order valence-corrected chi connectivity index (χ2v) is 5.70. The maximum atomic E-state index is 11.5. The maximum absolute atomic E-state index is 11.5. The first-order valence-corrected chi connectivity index (χ1v) is 6.78. The monoisotopic (exact) mass is 240 g/mol. The molecule has 1 saturated carbocycles. The summed E-state index contributed by atoms with van der Waals surface area (Å²) in [7, 11) is 2.04. The molecule has 1 unspecified atom stereocenters. The summed E-state index contributed by atoms with van der Waals surface area (Å²) in [6, 6.07) is 0.294. The van der Waals surface area contributed by atoms with Gasteiger partial charge in [-0.3, -0.25) is 4.79 Å². The topological polar surface area (TPSA) is 52.6 Å². The van der Waals surface area contributed by atoms with Crippen LogP contribution in [0.3, 0.4) is 0 Å². The molecule has 0 aromatic carbocycles. The quantitative estimate of drug-likeness (QED) is 0.770. The number of likely N-dealkylation sites (N-methyl/N-ethyl adjacent to an activating group) is 1. The van der Waals surface area contributed by atoms with Gasteiger partial charge in [-0.25, -0.2) is 0 Å². The lowest BCUT2D eigenvalue weighted by Gasteiger charge is -2.33. The lowest BCUT2D eigenvalue weighted by Crippen LogP contribution is -2.44. The van der Waals surface area contributed by atoms with Gasteiger partial charge in [0, 0.05) is 25.6 Å². The molecule has 2 rings (SSSR count). The average Bonchev–Trinajstić information content (AvgIpc) is 2.57. The second-order valence-electron chi connectivity index (χ2n) is 5.70. The fourth-order valence-electron chi connectivity index (χ4n) is 3.11. The molecule has 4 nitrogen and oxygen atoms in total. The van der Waals surface area contributed by atoms with Gasteiger partial charge in [-0.05, 0) is 32.7 Å². The normalized spacial score (nSPS) is 29.1. The van der Waals surface area contributed by atoms with Gasteiger partial charge in [-0.1, -0.05) is 12.8 Å². The molecule has 2 fully saturated rings. The number of rotatable bonds is 3. The van der Waals surface area contributed by atoms with Gasteiger partial charge in [0.2, 0.25) is 5.91 Å². The van der Waals surface area contributed by atoms with Crippen molar-refractivity contribution < 1.29 is 9.90 Å². The summed E-state index contributed by atoms with van der Waals surface area (Å²) in [6.45, 7) is 1.51. The highest BCUT2D eigenvalue weighted by atomic mass is 16.3. The largest absolute Gasteiger partial charge is 0.389 e. The first-order valence-electron chi connectivity index (χ1n) is 6.78. The van der Waals surface area contributed by atoms with Crippen LogP contribution in [0.1, 0.15) is 44.9 Å². The van der Waals surface area contributed by atoms with Gasteiger partial charge >= 0.3 is 0 Å².